The first-order chi connectivity index (χ1) is 9.69. The minimum atomic E-state index is -0.605. The number of aliphatic hydroxyl groups excluding tert-OH is 1. The second kappa shape index (κ2) is 7.31. The lowest BCUT2D eigenvalue weighted by molar-refractivity contribution is 0.126. The number of aryl methyl sites for hydroxylation is 1. The Morgan fingerprint density at radius 2 is 2.15 bits per heavy atom. The standard InChI is InChI=1S/C14H17FN2O2S/c1-2-17-8-7-16-14(17)20-10-12(18)9-19-13-5-3-11(15)4-6-13/h3-8,12,18H,2,9-10H2,1H3. The summed E-state index contributed by atoms with van der Waals surface area (Å²) in [5.74, 6) is 0.739. The lowest BCUT2D eigenvalue weighted by Crippen LogP contribution is -2.20. The number of benzene rings is 1. The normalized spacial score (nSPS) is 12.3. The molecule has 0 radical (unpaired) electrons. The second-order valence-corrected chi connectivity index (χ2v) is 5.21. The first-order valence-electron chi connectivity index (χ1n) is 6.39. The lowest BCUT2D eigenvalue weighted by Gasteiger charge is -2.12. The maximum atomic E-state index is 12.7. The summed E-state index contributed by atoms with van der Waals surface area (Å²) in [6.07, 6.45) is 3.05. The van der Waals surface area contributed by atoms with Crippen LogP contribution in [0.5, 0.6) is 5.75 Å². The van der Waals surface area contributed by atoms with Gasteiger partial charge in [-0.2, -0.15) is 0 Å². The molecule has 0 fully saturated rings. The van der Waals surface area contributed by atoms with Gasteiger partial charge >= 0.3 is 0 Å². The van der Waals surface area contributed by atoms with Crippen molar-refractivity contribution in [3.63, 3.8) is 0 Å². The van der Waals surface area contributed by atoms with Gasteiger partial charge in [0.1, 0.15) is 18.2 Å². The molecular formula is C14H17FN2O2S. The van der Waals surface area contributed by atoms with Gasteiger partial charge in [0.25, 0.3) is 0 Å². The van der Waals surface area contributed by atoms with Gasteiger partial charge < -0.3 is 14.4 Å². The van der Waals surface area contributed by atoms with Crippen LogP contribution in [-0.2, 0) is 6.54 Å². The highest BCUT2D eigenvalue weighted by molar-refractivity contribution is 7.99. The Kier molecular flexibility index (Phi) is 5.43. The highest BCUT2D eigenvalue weighted by Crippen LogP contribution is 2.17. The van der Waals surface area contributed by atoms with Gasteiger partial charge in [0.2, 0.25) is 0 Å². The molecule has 108 valence electrons. The van der Waals surface area contributed by atoms with Gasteiger partial charge in [0, 0.05) is 24.7 Å². The van der Waals surface area contributed by atoms with Crippen molar-refractivity contribution in [1.29, 1.82) is 0 Å². The molecule has 2 aromatic rings. The second-order valence-electron chi connectivity index (χ2n) is 4.23. The predicted octanol–water partition coefficient (Wildman–Crippen LogP) is 2.57. The molecule has 0 aliphatic carbocycles. The molecule has 0 spiro atoms. The Balaban J connectivity index is 1.75. The average molecular weight is 296 g/mol. The number of ether oxygens (including phenoxy) is 1. The fourth-order valence-electron chi connectivity index (χ4n) is 1.62. The molecule has 1 N–H and O–H groups in total. The van der Waals surface area contributed by atoms with E-state index in [0.29, 0.717) is 11.5 Å². The van der Waals surface area contributed by atoms with E-state index in [4.69, 9.17) is 4.74 Å². The molecule has 0 amide bonds. The molecule has 1 aromatic carbocycles. The Hall–Kier alpha value is -1.53. The predicted molar refractivity (Wildman–Crippen MR) is 76.5 cm³/mol. The van der Waals surface area contributed by atoms with Crippen LogP contribution in [0.1, 0.15) is 6.92 Å². The van der Waals surface area contributed by atoms with Crippen LogP contribution in [0.15, 0.2) is 41.8 Å². The molecule has 0 saturated heterocycles. The van der Waals surface area contributed by atoms with Gasteiger partial charge in [-0.1, -0.05) is 11.8 Å². The molecule has 2 rings (SSSR count). The van der Waals surface area contributed by atoms with Crippen molar-refractivity contribution in [3.8, 4) is 5.75 Å². The van der Waals surface area contributed by atoms with E-state index in [0.717, 1.165) is 11.7 Å². The highest BCUT2D eigenvalue weighted by atomic mass is 32.2. The van der Waals surface area contributed by atoms with E-state index < -0.39 is 6.10 Å². The van der Waals surface area contributed by atoms with Crippen molar-refractivity contribution in [2.24, 2.45) is 0 Å². The number of nitrogens with zero attached hydrogens (tertiary/aromatic N) is 2. The zero-order valence-corrected chi connectivity index (χ0v) is 12.0. The summed E-state index contributed by atoms with van der Waals surface area (Å²) in [7, 11) is 0. The van der Waals surface area contributed by atoms with Crippen LogP contribution in [-0.4, -0.2) is 33.1 Å². The summed E-state index contributed by atoms with van der Waals surface area (Å²) in [5.41, 5.74) is 0. The SMILES string of the molecule is CCn1ccnc1SCC(O)COc1ccc(F)cc1. The quantitative estimate of drug-likeness (QED) is 0.798. The molecule has 0 aliphatic rings. The third-order valence-corrected chi connectivity index (χ3v) is 3.83. The van der Waals surface area contributed by atoms with E-state index in [1.807, 2.05) is 17.7 Å². The molecule has 0 aliphatic heterocycles. The molecule has 0 saturated carbocycles. The van der Waals surface area contributed by atoms with Crippen LogP contribution in [0.4, 0.5) is 4.39 Å². The van der Waals surface area contributed by atoms with E-state index in [1.165, 1.54) is 23.9 Å². The van der Waals surface area contributed by atoms with Gasteiger partial charge in [0.15, 0.2) is 5.16 Å². The largest absolute Gasteiger partial charge is 0.491 e. The summed E-state index contributed by atoms with van der Waals surface area (Å²) in [5, 5.41) is 10.8. The molecule has 0 bridgehead atoms. The van der Waals surface area contributed by atoms with Gasteiger partial charge in [-0.15, -0.1) is 0 Å². The minimum Gasteiger partial charge on any atom is -0.491 e. The van der Waals surface area contributed by atoms with Crippen LogP contribution in [0, 0.1) is 5.82 Å². The third-order valence-electron chi connectivity index (χ3n) is 2.68. The summed E-state index contributed by atoms with van der Waals surface area (Å²) in [4.78, 5) is 4.22. The number of thioether (sulfide) groups is 1. The number of aliphatic hydroxyl groups is 1. The number of aromatic nitrogens is 2. The topological polar surface area (TPSA) is 47.3 Å². The molecule has 1 atom stereocenters. The summed E-state index contributed by atoms with van der Waals surface area (Å²) < 4.78 is 20.1. The summed E-state index contributed by atoms with van der Waals surface area (Å²) >= 11 is 1.49. The Morgan fingerprint density at radius 1 is 1.40 bits per heavy atom. The fourth-order valence-corrected chi connectivity index (χ4v) is 2.55. The van der Waals surface area contributed by atoms with Crippen molar-refractivity contribution in [3.05, 3.63) is 42.5 Å². The third kappa shape index (κ3) is 4.25. The average Bonchev–Trinajstić information content (AvgIpc) is 2.92. The Labute approximate surface area is 121 Å². The monoisotopic (exact) mass is 296 g/mol. The molecule has 20 heavy (non-hydrogen) atoms. The number of hydrogen-bond acceptors (Lipinski definition) is 4. The highest BCUT2D eigenvalue weighted by Gasteiger charge is 2.09. The van der Waals surface area contributed by atoms with Gasteiger partial charge in [-0.25, -0.2) is 9.37 Å². The van der Waals surface area contributed by atoms with Crippen LogP contribution in [0.25, 0.3) is 0 Å². The minimum absolute atomic E-state index is 0.172. The van der Waals surface area contributed by atoms with Gasteiger partial charge in [-0.3, -0.25) is 0 Å². The maximum Gasteiger partial charge on any atom is 0.168 e. The molecule has 6 heteroatoms. The summed E-state index contributed by atoms with van der Waals surface area (Å²) in [6, 6.07) is 5.74. The zero-order chi connectivity index (χ0) is 14.4. The van der Waals surface area contributed by atoms with Gasteiger partial charge in [0.05, 0.1) is 6.10 Å². The zero-order valence-electron chi connectivity index (χ0n) is 11.2. The Bertz CT molecular complexity index is 530. The molecule has 4 nitrogen and oxygen atoms in total. The van der Waals surface area contributed by atoms with Crippen molar-refractivity contribution in [1.82, 2.24) is 9.55 Å². The van der Waals surface area contributed by atoms with E-state index >= 15 is 0 Å². The smallest absolute Gasteiger partial charge is 0.168 e. The number of halogens is 1. The summed E-state index contributed by atoms with van der Waals surface area (Å²) in [6.45, 7) is 3.07. The Morgan fingerprint density at radius 3 is 2.85 bits per heavy atom. The lowest BCUT2D eigenvalue weighted by atomic mass is 10.3. The molecular weight excluding hydrogens is 279 g/mol. The van der Waals surface area contributed by atoms with Crippen LogP contribution in [0.3, 0.4) is 0 Å². The van der Waals surface area contributed by atoms with Crippen molar-refractivity contribution in [2.75, 3.05) is 12.4 Å². The number of rotatable bonds is 7. The van der Waals surface area contributed by atoms with Crippen LogP contribution < -0.4 is 4.74 Å². The van der Waals surface area contributed by atoms with Crippen LogP contribution >= 0.6 is 11.8 Å². The van der Waals surface area contributed by atoms with Crippen molar-refractivity contribution < 1.29 is 14.2 Å². The van der Waals surface area contributed by atoms with E-state index in [2.05, 4.69) is 4.98 Å². The molecule has 1 aromatic heterocycles. The van der Waals surface area contributed by atoms with Crippen molar-refractivity contribution >= 4 is 11.8 Å². The van der Waals surface area contributed by atoms with E-state index in [-0.39, 0.29) is 12.4 Å². The van der Waals surface area contributed by atoms with Crippen LogP contribution in [0.2, 0.25) is 0 Å². The van der Waals surface area contributed by atoms with E-state index in [1.54, 1.807) is 18.3 Å². The maximum absolute atomic E-state index is 12.7. The molecule has 1 heterocycles. The molecule has 1 unspecified atom stereocenters. The fraction of sp³-hybridized carbons (Fsp3) is 0.357. The first-order valence-corrected chi connectivity index (χ1v) is 7.38. The van der Waals surface area contributed by atoms with Crippen molar-refractivity contribution in [2.45, 2.75) is 24.7 Å². The first kappa shape index (κ1) is 14.9. The van der Waals surface area contributed by atoms with E-state index in [9.17, 15) is 9.50 Å². The van der Waals surface area contributed by atoms with Gasteiger partial charge in [-0.05, 0) is 31.2 Å². The number of hydrogen-bond donors (Lipinski definition) is 1. The number of imidazole rings is 1.